The number of aliphatic hydroxyl groups excluding tert-OH is 1. The van der Waals surface area contributed by atoms with Crippen molar-refractivity contribution in [2.75, 3.05) is 13.7 Å². The molecule has 0 aliphatic carbocycles. The van der Waals surface area contributed by atoms with Gasteiger partial charge in [0.15, 0.2) is 0 Å². The predicted molar refractivity (Wildman–Crippen MR) is 87.9 cm³/mol. The van der Waals surface area contributed by atoms with Gasteiger partial charge in [0.05, 0.1) is 18.8 Å². The molecule has 0 aromatic heterocycles. The molecule has 2 aromatic rings. The van der Waals surface area contributed by atoms with Gasteiger partial charge in [-0.25, -0.2) is 4.39 Å². The van der Waals surface area contributed by atoms with Crippen LogP contribution >= 0.6 is 0 Å². The third kappa shape index (κ3) is 3.40. The Bertz CT molecular complexity index is 755. The topological polar surface area (TPSA) is 56.5 Å². The SMILES string of the molecule is COc1cc(CN2C[C@H](O)C[C@@H]2c2ccc(F)cc2)ccc1C#N. The van der Waals surface area contributed by atoms with Gasteiger partial charge >= 0.3 is 0 Å². The van der Waals surface area contributed by atoms with Gasteiger partial charge in [0.25, 0.3) is 0 Å². The molecule has 1 saturated heterocycles. The van der Waals surface area contributed by atoms with Crippen LogP contribution in [-0.2, 0) is 6.54 Å². The Balaban J connectivity index is 1.82. The molecule has 2 atom stereocenters. The first-order chi connectivity index (χ1) is 11.6. The number of halogens is 1. The van der Waals surface area contributed by atoms with Crippen molar-refractivity contribution in [1.82, 2.24) is 4.90 Å². The second-order valence-electron chi connectivity index (χ2n) is 6.03. The number of nitrogens with zero attached hydrogens (tertiary/aromatic N) is 2. The van der Waals surface area contributed by atoms with Crippen LogP contribution in [0.1, 0.15) is 29.2 Å². The van der Waals surface area contributed by atoms with Crippen molar-refractivity contribution in [1.29, 1.82) is 5.26 Å². The van der Waals surface area contributed by atoms with Crippen molar-refractivity contribution in [3.05, 3.63) is 65.0 Å². The Morgan fingerprint density at radius 3 is 2.71 bits per heavy atom. The molecule has 3 rings (SSSR count). The van der Waals surface area contributed by atoms with Crippen molar-refractivity contribution >= 4 is 0 Å². The molecule has 0 amide bonds. The van der Waals surface area contributed by atoms with Crippen LogP contribution in [0.4, 0.5) is 4.39 Å². The molecule has 0 saturated carbocycles. The van der Waals surface area contributed by atoms with Gasteiger partial charge in [-0.2, -0.15) is 5.26 Å². The van der Waals surface area contributed by atoms with E-state index in [1.165, 1.54) is 12.1 Å². The maximum absolute atomic E-state index is 13.1. The van der Waals surface area contributed by atoms with E-state index < -0.39 is 6.10 Å². The Labute approximate surface area is 140 Å². The Kier molecular flexibility index (Phi) is 4.79. The van der Waals surface area contributed by atoms with E-state index in [0.717, 1.165) is 11.1 Å². The first-order valence-electron chi connectivity index (χ1n) is 7.85. The lowest BCUT2D eigenvalue weighted by molar-refractivity contribution is 0.172. The predicted octanol–water partition coefficient (Wildman–Crippen LogP) is 3.01. The normalized spacial score (nSPS) is 20.8. The van der Waals surface area contributed by atoms with E-state index in [0.29, 0.717) is 30.8 Å². The fourth-order valence-corrected chi connectivity index (χ4v) is 3.25. The van der Waals surface area contributed by atoms with Crippen molar-refractivity contribution in [3.63, 3.8) is 0 Å². The highest BCUT2D eigenvalue weighted by Gasteiger charge is 2.32. The first-order valence-corrected chi connectivity index (χ1v) is 7.85. The zero-order chi connectivity index (χ0) is 17.1. The van der Waals surface area contributed by atoms with Crippen molar-refractivity contribution in [2.24, 2.45) is 0 Å². The van der Waals surface area contributed by atoms with Crippen molar-refractivity contribution in [3.8, 4) is 11.8 Å². The van der Waals surface area contributed by atoms with Crippen LogP contribution in [0.2, 0.25) is 0 Å². The number of hydrogen-bond acceptors (Lipinski definition) is 4. The zero-order valence-electron chi connectivity index (χ0n) is 13.4. The number of likely N-dealkylation sites (tertiary alicyclic amines) is 1. The van der Waals surface area contributed by atoms with Gasteiger partial charge in [0.1, 0.15) is 17.6 Å². The van der Waals surface area contributed by atoms with E-state index in [2.05, 4.69) is 11.0 Å². The fourth-order valence-electron chi connectivity index (χ4n) is 3.25. The van der Waals surface area contributed by atoms with Crippen LogP contribution in [-0.4, -0.2) is 29.8 Å². The molecule has 5 heteroatoms. The standard InChI is InChI=1S/C19H19FN2O2/c1-24-19-8-13(2-3-15(19)10-21)11-22-12-17(23)9-18(22)14-4-6-16(20)7-5-14/h2-8,17-18,23H,9,11-12H2,1H3/t17-,18-/m1/s1. The summed E-state index contributed by atoms with van der Waals surface area (Å²) in [6, 6.07) is 14.1. The molecule has 4 nitrogen and oxygen atoms in total. The fraction of sp³-hybridized carbons (Fsp3) is 0.316. The minimum atomic E-state index is -0.402. The van der Waals surface area contributed by atoms with Crippen LogP contribution in [0.5, 0.6) is 5.75 Å². The maximum Gasteiger partial charge on any atom is 0.136 e. The molecule has 1 aliphatic heterocycles. The van der Waals surface area contributed by atoms with Gasteiger partial charge in [-0.1, -0.05) is 18.2 Å². The van der Waals surface area contributed by atoms with Crippen LogP contribution in [0.3, 0.4) is 0 Å². The molecule has 0 radical (unpaired) electrons. The molecule has 1 fully saturated rings. The lowest BCUT2D eigenvalue weighted by Crippen LogP contribution is -2.24. The average Bonchev–Trinajstić information content (AvgIpc) is 2.95. The van der Waals surface area contributed by atoms with E-state index in [1.54, 1.807) is 25.3 Å². The van der Waals surface area contributed by atoms with Crippen molar-refractivity contribution in [2.45, 2.75) is 25.1 Å². The molecule has 0 bridgehead atoms. The molecule has 0 spiro atoms. The summed E-state index contributed by atoms with van der Waals surface area (Å²) in [5, 5.41) is 19.1. The summed E-state index contributed by atoms with van der Waals surface area (Å²) < 4.78 is 18.4. The van der Waals surface area contributed by atoms with E-state index in [4.69, 9.17) is 10.00 Å². The lowest BCUT2D eigenvalue weighted by Gasteiger charge is -2.24. The second-order valence-corrected chi connectivity index (χ2v) is 6.03. The molecule has 24 heavy (non-hydrogen) atoms. The number of benzene rings is 2. The molecule has 1 N–H and O–H groups in total. The minimum Gasteiger partial charge on any atom is -0.495 e. The van der Waals surface area contributed by atoms with E-state index in [9.17, 15) is 9.50 Å². The molecule has 1 aliphatic rings. The maximum atomic E-state index is 13.1. The summed E-state index contributed by atoms with van der Waals surface area (Å²) in [6.07, 6.45) is 0.222. The molecule has 0 unspecified atom stereocenters. The smallest absolute Gasteiger partial charge is 0.136 e. The summed E-state index contributed by atoms with van der Waals surface area (Å²) >= 11 is 0. The second kappa shape index (κ2) is 7.00. The highest BCUT2D eigenvalue weighted by molar-refractivity contribution is 5.45. The van der Waals surface area contributed by atoms with Crippen LogP contribution in [0.15, 0.2) is 42.5 Å². The monoisotopic (exact) mass is 326 g/mol. The largest absolute Gasteiger partial charge is 0.495 e. The van der Waals surface area contributed by atoms with E-state index >= 15 is 0 Å². The molecule has 2 aromatic carbocycles. The summed E-state index contributed by atoms with van der Waals surface area (Å²) in [5.41, 5.74) is 2.50. The highest BCUT2D eigenvalue weighted by atomic mass is 19.1. The van der Waals surface area contributed by atoms with Gasteiger partial charge in [0, 0.05) is 19.1 Å². The number of hydrogen-bond donors (Lipinski definition) is 1. The first kappa shape index (κ1) is 16.4. The summed E-state index contributed by atoms with van der Waals surface area (Å²) in [4.78, 5) is 2.17. The molecule has 124 valence electrons. The number of ether oxygens (including phenoxy) is 1. The quantitative estimate of drug-likeness (QED) is 0.938. The molecule has 1 heterocycles. The van der Waals surface area contributed by atoms with Gasteiger partial charge in [-0.3, -0.25) is 4.90 Å². The van der Waals surface area contributed by atoms with Crippen LogP contribution < -0.4 is 4.74 Å². The Morgan fingerprint density at radius 1 is 1.29 bits per heavy atom. The van der Waals surface area contributed by atoms with Crippen LogP contribution in [0, 0.1) is 17.1 Å². The zero-order valence-corrected chi connectivity index (χ0v) is 13.4. The number of methoxy groups -OCH3 is 1. The Hall–Kier alpha value is -2.42. The number of rotatable bonds is 4. The third-order valence-electron chi connectivity index (χ3n) is 4.41. The molecular formula is C19H19FN2O2. The summed E-state index contributed by atoms with van der Waals surface area (Å²) in [6.45, 7) is 1.19. The van der Waals surface area contributed by atoms with E-state index in [1.807, 2.05) is 12.1 Å². The average molecular weight is 326 g/mol. The number of nitriles is 1. The summed E-state index contributed by atoms with van der Waals surface area (Å²) in [7, 11) is 1.54. The third-order valence-corrected chi connectivity index (χ3v) is 4.41. The minimum absolute atomic E-state index is 0.0437. The van der Waals surface area contributed by atoms with Gasteiger partial charge in [0.2, 0.25) is 0 Å². The van der Waals surface area contributed by atoms with Gasteiger partial charge in [-0.15, -0.1) is 0 Å². The van der Waals surface area contributed by atoms with Gasteiger partial charge < -0.3 is 9.84 Å². The number of aliphatic hydroxyl groups is 1. The lowest BCUT2D eigenvalue weighted by atomic mass is 10.0. The number of β-amino-alcohol motifs (C(OH)–C–C–N with tert-alkyl or cyclic N) is 1. The van der Waals surface area contributed by atoms with Crippen molar-refractivity contribution < 1.29 is 14.2 Å². The van der Waals surface area contributed by atoms with Crippen LogP contribution in [0.25, 0.3) is 0 Å². The highest BCUT2D eigenvalue weighted by Crippen LogP contribution is 2.34. The summed E-state index contributed by atoms with van der Waals surface area (Å²) in [5.74, 6) is 0.286. The Morgan fingerprint density at radius 2 is 2.04 bits per heavy atom. The van der Waals surface area contributed by atoms with E-state index in [-0.39, 0.29) is 11.9 Å². The molecular weight excluding hydrogens is 307 g/mol. The van der Waals surface area contributed by atoms with Gasteiger partial charge in [-0.05, 0) is 41.8 Å².